The Morgan fingerprint density at radius 3 is 3.00 bits per heavy atom. The normalized spacial score (nSPS) is 36.4. The maximum absolute atomic E-state index is 9.44. The van der Waals surface area contributed by atoms with Crippen molar-refractivity contribution in [2.24, 2.45) is 5.11 Å². The van der Waals surface area contributed by atoms with Crippen LogP contribution in [0.1, 0.15) is 19.8 Å². The molecule has 0 spiro atoms. The molecule has 0 aromatic rings. The molecule has 4 heteroatoms. The fourth-order valence-corrected chi connectivity index (χ4v) is 1.15. The van der Waals surface area contributed by atoms with Crippen LogP contribution in [0.4, 0.5) is 0 Å². The number of rotatable bonds is 1. The van der Waals surface area contributed by atoms with Gasteiger partial charge >= 0.3 is 0 Å². The third-order valence-electron chi connectivity index (χ3n) is 2.05. The Morgan fingerprint density at radius 1 is 1.73 bits per heavy atom. The van der Waals surface area contributed by atoms with Gasteiger partial charge in [0.25, 0.3) is 0 Å². The molecule has 0 aromatic carbocycles. The van der Waals surface area contributed by atoms with E-state index >= 15 is 0 Å². The van der Waals surface area contributed by atoms with E-state index in [1.165, 1.54) is 0 Å². The van der Waals surface area contributed by atoms with Crippen LogP contribution in [0.5, 0.6) is 0 Å². The minimum Gasteiger partial charge on any atom is -0.392 e. The molecule has 0 saturated heterocycles. The van der Waals surface area contributed by atoms with E-state index in [2.05, 4.69) is 10.0 Å². The van der Waals surface area contributed by atoms with Crippen molar-refractivity contribution in [3.63, 3.8) is 0 Å². The van der Waals surface area contributed by atoms with Gasteiger partial charge in [-0.2, -0.15) is 0 Å². The number of nitrogens with zero attached hydrogens (tertiary/aromatic N) is 3. The molecule has 0 fully saturated rings. The average Bonchev–Trinajstić information content (AvgIpc) is 1.96. The summed E-state index contributed by atoms with van der Waals surface area (Å²) >= 11 is 0. The van der Waals surface area contributed by atoms with Crippen molar-refractivity contribution in [3.8, 4) is 0 Å². The van der Waals surface area contributed by atoms with Crippen LogP contribution in [0.25, 0.3) is 10.4 Å². The zero-order valence-electron chi connectivity index (χ0n) is 6.44. The van der Waals surface area contributed by atoms with Crippen LogP contribution in [-0.4, -0.2) is 16.7 Å². The number of aliphatic hydroxyl groups excluding tert-OH is 1. The molecule has 11 heavy (non-hydrogen) atoms. The molecule has 1 aliphatic carbocycles. The second kappa shape index (κ2) is 2.95. The molecule has 0 aliphatic heterocycles. The third kappa shape index (κ3) is 1.53. The lowest BCUT2D eigenvalue weighted by atomic mass is 9.86. The number of aliphatic hydroxyl groups is 1. The van der Waals surface area contributed by atoms with Gasteiger partial charge in [-0.1, -0.05) is 24.2 Å². The summed E-state index contributed by atoms with van der Waals surface area (Å²) in [6.45, 7) is 1.76. The van der Waals surface area contributed by atoms with Crippen LogP contribution in [0.2, 0.25) is 0 Å². The second-order valence-corrected chi connectivity index (χ2v) is 2.97. The van der Waals surface area contributed by atoms with Crippen molar-refractivity contribution < 1.29 is 5.11 Å². The standard InChI is InChI=1S/C7H11N3O/c1-7(9-10-8)5-3-2-4-6(7)11/h2-3,6,11H,4-5H2,1H3/t6-,7-/m1/s1. The molecule has 0 radical (unpaired) electrons. The Labute approximate surface area is 65.2 Å². The van der Waals surface area contributed by atoms with Gasteiger partial charge in [-0.05, 0) is 18.4 Å². The third-order valence-corrected chi connectivity index (χ3v) is 2.05. The molecule has 0 unspecified atom stereocenters. The van der Waals surface area contributed by atoms with Gasteiger partial charge in [0, 0.05) is 4.91 Å². The molecule has 0 bridgehead atoms. The molecule has 2 atom stereocenters. The summed E-state index contributed by atoms with van der Waals surface area (Å²) < 4.78 is 0. The lowest BCUT2D eigenvalue weighted by Crippen LogP contribution is -2.37. The first-order valence-electron chi connectivity index (χ1n) is 3.58. The summed E-state index contributed by atoms with van der Waals surface area (Å²) in [7, 11) is 0. The largest absolute Gasteiger partial charge is 0.392 e. The summed E-state index contributed by atoms with van der Waals surface area (Å²) in [4.78, 5) is 2.71. The van der Waals surface area contributed by atoms with Crippen LogP contribution in [-0.2, 0) is 0 Å². The van der Waals surface area contributed by atoms with E-state index in [0.717, 1.165) is 0 Å². The maximum atomic E-state index is 9.44. The van der Waals surface area contributed by atoms with Gasteiger partial charge in [0.1, 0.15) is 0 Å². The minimum absolute atomic E-state index is 0.539. The molecule has 0 aromatic heterocycles. The van der Waals surface area contributed by atoms with E-state index in [4.69, 9.17) is 5.53 Å². The van der Waals surface area contributed by atoms with E-state index in [-0.39, 0.29) is 0 Å². The smallest absolute Gasteiger partial charge is 0.0755 e. The monoisotopic (exact) mass is 153 g/mol. The van der Waals surface area contributed by atoms with Crippen LogP contribution in [0.3, 0.4) is 0 Å². The van der Waals surface area contributed by atoms with Crippen molar-refractivity contribution >= 4 is 0 Å². The van der Waals surface area contributed by atoms with Crippen molar-refractivity contribution in [1.29, 1.82) is 0 Å². The topological polar surface area (TPSA) is 69.0 Å². The first-order chi connectivity index (χ1) is 5.19. The highest BCUT2D eigenvalue weighted by Crippen LogP contribution is 2.27. The van der Waals surface area contributed by atoms with Crippen molar-refractivity contribution in [2.45, 2.75) is 31.4 Å². The van der Waals surface area contributed by atoms with Crippen LogP contribution >= 0.6 is 0 Å². The molecule has 1 rings (SSSR count). The Bertz CT molecular complexity index is 220. The van der Waals surface area contributed by atoms with E-state index in [1.807, 2.05) is 12.2 Å². The summed E-state index contributed by atoms with van der Waals surface area (Å²) in [5.74, 6) is 0. The van der Waals surface area contributed by atoms with Gasteiger partial charge < -0.3 is 5.11 Å². The van der Waals surface area contributed by atoms with E-state index in [0.29, 0.717) is 12.8 Å². The predicted molar refractivity (Wildman–Crippen MR) is 41.9 cm³/mol. The van der Waals surface area contributed by atoms with E-state index in [9.17, 15) is 5.11 Å². The lowest BCUT2D eigenvalue weighted by molar-refractivity contribution is 0.0927. The fraction of sp³-hybridized carbons (Fsp3) is 0.714. The minimum atomic E-state index is -0.635. The lowest BCUT2D eigenvalue weighted by Gasteiger charge is -2.30. The number of azide groups is 1. The van der Waals surface area contributed by atoms with Crippen molar-refractivity contribution in [1.82, 2.24) is 0 Å². The highest BCUT2D eigenvalue weighted by molar-refractivity contribution is 5.06. The zero-order chi connectivity index (χ0) is 8.32. The summed E-state index contributed by atoms with van der Waals surface area (Å²) in [5.41, 5.74) is 7.59. The Balaban J connectivity index is 2.83. The Hall–Kier alpha value is -0.990. The molecular formula is C7H11N3O. The predicted octanol–water partition coefficient (Wildman–Crippen LogP) is 1.77. The molecule has 4 nitrogen and oxygen atoms in total. The quantitative estimate of drug-likeness (QED) is 0.265. The van der Waals surface area contributed by atoms with Gasteiger partial charge in [0.05, 0.1) is 11.6 Å². The molecule has 1 N–H and O–H groups in total. The summed E-state index contributed by atoms with van der Waals surface area (Å²) in [6.07, 6.45) is 4.50. The van der Waals surface area contributed by atoms with Gasteiger partial charge in [-0.15, -0.1) is 0 Å². The fourth-order valence-electron chi connectivity index (χ4n) is 1.15. The maximum Gasteiger partial charge on any atom is 0.0755 e. The van der Waals surface area contributed by atoms with Crippen molar-refractivity contribution in [2.75, 3.05) is 0 Å². The molecule has 0 amide bonds. The average molecular weight is 153 g/mol. The molecule has 1 aliphatic rings. The Morgan fingerprint density at radius 2 is 2.45 bits per heavy atom. The first-order valence-corrected chi connectivity index (χ1v) is 3.58. The number of hydrogen-bond donors (Lipinski definition) is 1. The Kier molecular flexibility index (Phi) is 2.17. The SMILES string of the molecule is C[C@@]1(N=[N+]=[N-])CC=CC[C@H]1O. The highest BCUT2D eigenvalue weighted by Gasteiger charge is 2.31. The summed E-state index contributed by atoms with van der Waals surface area (Å²) in [6, 6.07) is 0. The summed E-state index contributed by atoms with van der Waals surface area (Å²) in [5, 5.41) is 13.0. The van der Waals surface area contributed by atoms with Crippen LogP contribution in [0.15, 0.2) is 17.3 Å². The molecule has 0 saturated carbocycles. The molecule has 0 heterocycles. The molecular weight excluding hydrogens is 142 g/mol. The second-order valence-electron chi connectivity index (χ2n) is 2.97. The van der Waals surface area contributed by atoms with Gasteiger partial charge in [-0.25, -0.2) is 0 Å². The number of hydrogen-bond acceptors (Lipinski definition) is 2. The first kappa shape index (κ1) is 8.11. The van der Waals surface area contributed by atoms with Gasteiger partial charge in [-0.3, -0.25) is 0 Å². The molecule has 60 valence electrons. The van der Waals surface area contributed by atoms with Crippen LogP contribution < -0.4 is 0 Å². The highest BCUT2D eigenvalue weighted by atomic mass is 16.3. The van der Waals surface area contributed by atoms with Gasteiger partial charge in [0.15, 0.2) is 0 Å². The van der Waals surface area contributed by atoms with Crippen LogP contribution in [0, 0.1) is 0 Å². The van der Waals surface area contributed by atoms with E-state index < -0.39 is 11.6 Å². The van der Waals surface area contributed by atoms with Crippen molar-refractivity contribution in [3.05, 3.63) is 22.6 Å². The zero-order valence-corrected chi connectivity index (χ0v) is 6.44. The van der Waals surface area contributed by atoms with E-state index in [1.54, 1.807) is 6.92 Å². The van der Waals surface area contributed by atoms with Gasteiger partial charge in [0.2, 0.25) is 0 Å².